The fourth-order valence-corrected chi connectivity index (χ4v) is 3.53. The van der Waals surface area contributed by atoms with Crippen molar-refractivity contribution in [1.82, 2.24) is 15.5 Å². The van der Waals surface area contributed by atoms with Crippen LogP contribution in [0.2, 0.25) is 0 Å². The van der Waals surface area contributed by atoms with E-state index in [2.05, 4.69) is 36.4 Å². The molecule has 0 bridgehead atoms. The second-order valence-electron chi connectivity index (χ2n) is 7.09. The third kappa shape index (κ3) is 8.88. The Bertz CT molecular complexity index is 323. The van der Waals surface area contributed by atoms with Gasteiger partial charge in [0.2, 0.25) is 0 Å². The fraction of sp³-hybridized carbons (Fsp3) is 0.947. The first-order chi connectivity index (χ1) is 11.7. The van der Waals surface area contributed by atoms with E-state index in [-0.39, 0.29) is 6.61 Å². The van der Waals surface area contributed by atoms with Gasteiger partial charge in [-0.3, -0.25) is 4.99 Å². The number of likely N-dealkylation sites (N-methyl/N-ethyl adjacent to an activating group) is 1. The van der Waals surface area contributed by atoms with Crippen molar-refractivity contribution in [2.45, 2.75) is 71.3 Å². The average molecular weight is 341 g/mol. The summed E-state index contributed by atoms with van der Waals surface area (Å²) < 4.78 is 0. The Morgan fingerprint density at radius 3 is 2.54 bits per heavy atom. The van der Waals surface area contributed by atoms with E-state index in [9.17, 15) is 5.11 Å². The number of aliphatic hydroxyl groups excluding tert-OH is 1. The Hall–Kier alpha value is -0.810. The zero-order valence-electron chi connectivity index (χ0n) is 16.2. The van der Waals surface area contributed by atoms with Gasteiger partial charge in [0, 0.05) is 38.8 Å². The summed E-state index contributed by atoms with van der Waals surface area (Å²) in [5.74, 6) is 1.40. The molecule has 0 heterocycles. The maximum atomic E-state index is 9.17. The van der Waals surface area contributed by atoms with Crippen LogP contribution in [0.1, 0.15) is 65.2 Å². The third-order valence-corrected chi connectivity index (χ3v) is 5.04. The van der Waals surface area contributed by atoms with Gasteiger partial charge < -0.3 is 20.6 Å². The summed E-state index contributed by atoms with van der Waals surface area (Å²) in [6.45, 7) is 8.21. The van der Waals surface area contributed by atoms with Gasteiger partial charge in [-0.25, -0.2) is 0 Å². The summed E-state index contributed by atoms with van der Waals surface area (Å²) in [5.41, 5.74) is 0. The minimum Gasteiger partial charge on any atom is -0.396 e. The quantitative estimate of drug-likeness (QED) is 0.400. The van der Waals surface area contributed by atoms with Gasteiger partial charge in [0.25, 0.3) is 0 Å². The molecule has 1 aliphatic rings. The number of nitrogens with one attached hydrogen (secondary N) is 2. The van der Waals surface area contributed by atoms with Gasteiger partial charge in [-0.1, -0.05) is 32.6 Å². The van der Waals surface area contributed by atoms with E-state index >= 15 is 0 Å². The van der Waals surface area contributed by atoms with E-state index in [0.29, 0.717) is 5.92 Å². The topological polar surface area (TPSA) is 59.9 Å². The predicted molar refractivity (Wildman–Crippen MR) is 104 cm³/mol. The molecular formula is C19H40N4O. The van der Waals surface area contributed by atoms with Gasteiger partial charge in [-0.2, -0.15) is 0 Å². The summed E-state index contributed by atoms with van der Waals surface area (Å²) in [6, 6.07) is 0.763. The van der Waals surface area contributed by atoms with Crippen LogP contribution in [0.25, 0.3) is 0 Å². The molecule has 1 atom stereocenters. The van der Waals surface area contributed by atoms with Gasteiger partial charge >= 0.3 is 0 Å². The highest BCUT2D eigenvalue weighted by Crippen LogP contribution is 2.21. The summed E-state index contributed by atoms with van der Waals surface area (Å²) in [6.07, 6.45) is 10.0. The van der Waals surface area contributed by atoms with E-state index in [1.165, 1.54) is 32.1 Å². The number of hydrogen-bond acceptors (Lipinski definition) is 3. The summed E-state index contributed by atoms with van der Waals surface area (Å²) >= 11 is 0. The molecule has 5 nitrogen and oxygen atoms in total. The van der Waals surface area contributed by atoms with Crippen LogP contribution in [0.5, 0.6) is 0 Å². The van der Waals surface area contributed by atoms with E-state index in [1.54, 1.807) is 0 Å². The number of aliphatic imine (C=N–C) groups is 1. The lowest BCUT2D eigenvalue weighted by Gasteiger charge is -2.31. The summed E-state index contributed by atoms with van der Waals surface area (Å²) in [4.78, 5) is 7.23. The molecule has 0 radical (unpaired) electrons. The fourth-order valence-electron chi connectivity index (χ4n) is 3.53. The lowest BCUT2D eigenvalue weighted by molar-refractivity contribution is 0.194. The van der Waals surface area contributed by atoms with Crippen LogP contribution in [-0.4, -0.2) is 61.8 Å². The lowest BCUT2D eigenvalue weighted by atomic mass is 9.94. The molecule has 0 aromatic rings. The van der Waals surface area contributed by atoms with Crippen LogP contribution < -0.4 is 10.6 Å². The van der Waals surface area contributed by atoms with Crippen LogP contribution in [0.15, 0.2) is 4.99 Å². The molecule has 0 amide bonds. The van der Waals surface area contributed by atoms with Gasteiger partial charge in [-0.05, 0) is 45.6 Å². The molecule has 5 heteroatoms. The number of nitrogens with zero attached hydrogens (tertiary/aromatic N) is 2. The van der Waals surface area contributed by atoms with Gasteiger partial charge in [-0.15, -0.1) is 0 Å². The lowest BCUT2D eigenvalue weighted by Crippen LogP contribution is -2.43. The highest BCUT2D eigenvalue weighted by atomic mass is 16.3. The van der Waals surface area contributed by atoms with Gasteiger partial charge in [0.05, 0.1) is 0 Å². The molecular weight excluding hydrogens is 300 g/mol. The Morgan fingerprint density at radius 1 is 1.17 bits per heavy atom. The molecule has 0 saturated heterocycles. The van der Waals surface area contributed by atoms with Crippen molar-refractivity contribution in [3.05, 3.63) is 0 Å². The number of hydrogen-bond donors (Lipinski definition) is 3. The van der Waals surface area contributed by atoms with Gasteiger partial charge in [0.15, 0.2) is 5.96 Å². The maximum Gasteiger partial charge on any atom is 0.191 e. The molecule has 24 heavy (non-hydrogen) atoms. The molecule has 1 saturated carbocycles. The third-order valence-electron chi connectivity index (χ3n) is 5.04. The first-order valence-electron chi connectivity index (χ1n) is 10.0. The Labute approximate surface area is 149 Å². The first-order valence-corrected chi connectivity index (χ1v) is 10.0. The number of rotatable bonds is 11. The Balaban J connectivity index is 2.36. The molecule has 1 unspecified atom stereocenters. The van der Waals surface area contributed by atoms with E-state index in [4.69, 9.17) is 4.99 Å². The molecule has 0 spiro atoms. The normalized spacial score (nSPS) is 18.0. The van der Waals surface area contributed by atoms with Crippen LogP contribution in [0.4, 0.5) is 0 Å². The van der Waals surface area contributed by atoms with Crippen molar-refractivity contribution in [3.63, 3.8) is 0 Å². The van der Waals surface area contributed by atoms with E-state index < -0.39 is 0 Å². The Morgan fingerprint density at radius 2 is 1.92 bits per heavy atom. The highest BCUT2D eigenvalue weighted by molar-refractivity contribution is 5.79. The van der Waals surface area contributed by atoms with Crippen LogP contribution in [0, 0.1) is 5.92 Å². The number of aliphatic hydroxyl groups is 1. The number of guanidine groups is 1. The minimum atomic E-state index is 0.260. The predicted octanol–water partition coefficient (Wildman–Crippen LogP) is 2.60. The molecule has 1 aliphatic carbocycles. The second kappa shape index (κ2) is 13.5. The molecule has 1 fully saturated rings. The van der Waals surface area contributed by atoms with Crippen molar-refractivity contribution in [3.8, 4) is 0 Å². The SMILES string of the molecule is CCCC(CCO)CN=C(NCC)NCCN(C)C1CCCCC1. The molecule has 3 N–H and O–H groups in total. The zero-order valence-corrected chi connectivity index (χ0v) is 16.2. The van der Waals surface area contributed by atoms with Crippen LogP contribution >= 0.6 is 0 Å². The van der Waals surface area contributed by atoms with Crippen LogP contribution in [0.3, 0.4) is 0 Å². The molecule has 0 aromatic carbocycles. The van der Waals surface area contributed by atoms with E-state index in [0.717, 1.165) is 57.4 Å². The second-order valence-corrected chi connectivity index (χ2v) is 7.09. The largest absolute Gasteiger partial charge is 0.396 e. The molecule has 1 rings (SSSR count). The van der Waals surface area contributed by atoms with Crippen molar-refractivity contribution in [2.24, 2.45) is 10.9 Å². The summed E-state index contributed by atoms with van der Waals surface area (Å²) in [5, 5.41) is 16.0. The minimum absolute atomic E-state index is 0.260. The molecule has 142 valence electrons. The zero-order chi connectivity index (χ0) is 17.6. The van der Waals surface area contributed by atoms with Crippen molar-refractivity contribution < 1.29 is 5.11 Å². The smallest absolute Gasteiger partial charge is 0.191 e. The van der Waals surface area contributed by atoms with Gasteiger partial charge in [0.1, 0.15) is 0 Å². The average Bonchev–Trinajstić information content (AvgIpc) is 2.60. The van der Waals surface area contributed by atoms with Crippen LogP contribution in [-0.2, 0) is 0 Å². The van der Waals surface area contributed by atoms with Crippen molar-refractivity contribution >= 4 is 5.96 Å². The Kier molecular flexibility index (Phi) is 11.9. The van der Waals surface area contributed by atoms with E-state index in [1.807, 2.05) is 0 Å². The maximum absolute atomic E-state index is 9.17. The molecule has 0 aromatic heterocycles. The van der Waals surface area contributed by atoms with Crippen molar-refractivity contribution in [2.75, 3.05) is 39.8 Å². The monoisotopic (exact) mass is 340 g/mol. The van der Waals surface area contributed by atoms with Crippen molar-refractivity contribution in [1.29, 1.82) is 0 Å². The standard InChI is InChI=1S/C19H40N4O/c1-4-9-17(12-15-24)16-22-19(20-5-2)21-13-14-23(3)18-10-7-6-8-11-18/h17-18,24H,4-16H2,1-3H3,(H2,20,21,22). The summed E-state index contributed by atoms with van der Waals surface area (Å²) in [7, 11) is 2.25. The highest BCUT2D eigenvalue weighted by Gasteiger charge is 2.17. The first kappa shape index (κ1) is 21.2. The molecule has 0 aliphatic heterocycles.